The van der Waals surface area contributed by atoms with Gasteiger partial charge in [0.1, 0.15) is 5.75 Å². The van der Waals surface area contributed by atoms with Crippen LogP contribution in [0.2, 0.25) is 0 Å². The van der Waals surface area contributed by atoms with E-state index in [9.17, 15) is 4.79 Å². The number of methoxy groups -OCH3 is 1. The van der Waals surface area contributed by atoms with Gasteiger partial charge in [-0.1, -0.05) is 30.3 Å². The second-order valence-corrected chi connectivity index (χ2v) is 7.40. The Morgan fingerprint density at radius 2 is 1.75 bits per heavy atom. The van der Waals surface area contributed by atoms with Crippen LogP contribution in [0.5, 0.6) is 5.75 Å². The minimum absolute atomic E-state index is 0.0598. The van der Waals surface area contributed by atoms with Gasteiger partial charge < -0.3 is 19.7 Å². The van der Waals surface area contributed by atoms with E-state index in [4.69, 9.17) is 4.74 Å². The van der Waals surface area contributed by atoms with Crippen LogP contribution in [0.3, 0.4) is 0 Å². The number of benzene rings is 2. The van der Waals surface area contributed by atoms with Gasteiger partial charge in [-0.3, -0.25) is 0 Å². The van der Waals surface area contributed by atoms with E-state index < -0.39 is 0 Å². The SMILES string of the molecule is COC(=O)COc1c(C)cc(CNC2CCN(c3ccccc3)CC2)cc1C. The zero-order valence-corrected chi connectivity index (χ0v) is 17.0. The number of piperidine rings is 1. The lowest BCUT2D eigenvalue weighted by molar-refractivity contribution is -0.142. The molecule has 1 aliphatic rings. The summed E-state index contributed by atoms with van der Waals surface area (Å²) in [6.07, 6.45) is 2.29. The number of esters is 1. The van der Waals surface area contributed by atoms with Gasteiger partial charge in [-0.05, 0) is 55.5 Å². The van der Waals surface area contributed by atoms with Crippen LogP contribution in [0.15, 0.2) is 42.5 Å². The van der Waals surface area contributed by atoms with Crippen molar-refractivity contribution in [2.45, 2.75) is 39.3 Å². The summed E-state index contributed by atoms with van der Waals surface area (Å²) in [6, 6.07) is 15.4. The van der Waals surface area contributed by atoms with Crippen molar-refractivity contribution in [3.8, 4) is 5.75 Å². The maximum Gasteiger partial charge on any atom is 0.343 e. The van der Waals surface area contributed by atoms with Gasteiger partial charge in [-0.15, -0.1) is 0 Å². The molecule has 0 saturated carbocycles. The van der Waals surface area contributed by atoms with E-state index in [1.165, 1.54) is 18.4 Å². The van der Waals surface area contributed by atoms with Crippen molar-refractivity contribution in [1.29, 1.82) is 0 Å². The molecule has 0 bridgehead atoms. The molecule has 0 atom stereocenters. The summed E-state index contributed by atoms with van der Waals surface area (Å²) < 4.78 is 10.3. The van der Waals surface area contributed by atoms with Gasteiger partial charge in [-0.2, -0.15) is 0 Å². The van der Waals surface area contributed by atoms with Crippen molar-refractivity contribution >= 4 is 11.7 Å². The first-order valence-corrected chi connectivity index (χ1v) is 9.90. The van der Waals surface area contributed by atoms with Gasteiger partial charge in [0.05, 0.1) is 7.11 Å². The number of anilines is 1. The Morgan fingerprint density at radius 1 is 1.11 bits per heavy atom. The topological polar surface area (TPSA) is 50.8 Å². The smallest absolute Gasteiger partial charge is 0.343 e. The number of nitrogens with zero attached hydrogens (tertiary/aromatic N) is 1. The molecule has 5 heteroatoms. The largest absolute Gasteiger partial charge is 0.481 e. The molecule has 1 aliphatic heterocycles. The quantitative estimate of drug-likeness (QED) is 0.742. The lowest BCUT2D eigenvalue weighted by atomic mass is 10.0. The summed E-state index contributed by atoms with van der Waals surface area (Å²) in [6.45, 7) is 6.98. The fourth-order valence-electron chi connectivity index (χ4n) is 3.80. The van der Waals surface area contributed by atoms with Crippen molar-refractivity contribution in [2.24, 2.45) is 0 Å². The van der Waals surface area contributed by atoms with Crippen molar-refractivity contribution in [3.05, 3.63) is 59.2 Å². The van der Waals surface area contributed by atoms with E-state index in [-0.39, 0.29) is 12.6 Å². The van der Waals surface area contributed by atoms with E-state index in [0.29, 0.717) is 6.04 Å². The van der Waals surface area contributed by atoms with Gasteiger partial charge in [0, 0.05) is 31.4 Å². The second kappa shape index (κ2) is 9.60. The van der Waals surface area contributed by atoms with Crippen LogP contribution < -0.4 is 15.0 Å². The van der Waals surface area contributed by atoms with Crippen LogP contribution in [0.1, 0.15) is 29.5 Å². The van der Waals surface area contributed by atoms with Gasteiger partial charge in [-0.25, -0.2) is 4.79 Å². The van der Waals surface area contributed by atoms with Crippen LogP contribution in [-0.2, 0) is 16.1 Å². The molecular formula is C23H30N2O3. The van der Waals surface area contributed by atoms with Crippen LogP contribution in [-0.4, -0.2) is 38.8 Å². The number of hydrogen-bond donors (Lipinski definition) is 1. The van der Waals surface area contributed by atoms with Gasteiger partial charge in [0.15, 0.2) is 6.61 Å². The molecule has 0 radical (unpaired) electrons. The normalized spacial score (nSPS) is 14.8. The van der Waals surface area contributed by atoms with Gasteiger partial charge in [0.25, 0.3) is 0 Å². The molecule has 28 heavy (non-hydrogen) atoms. The average molecular weight is 383 g/mol. The Morgan fingerprint density at radius 3 is 2.36 bits per heavy atom. The van der Waals surface area contributed by atoms with Crippen LogP contribution >= 0.6 is 0 Å². The van der Waals surface area contributed by atoms with Gasteiger partial charge >= 0.3 is 5.97 Å². The molecular weight excluding hydrogens is 352 g/mol. The fraction of sp³-hybridized carbons (Fsp3) is 0.435. The molecule has 1 heterocycles. The number of rotatable bonds is 7. The first-order valence-electron chi connectivity index (χ1n) is 9.90. The molecule has 0 aliphatic carbocycles. The number of aryl methyl sites for hydroxylation is 2. The third kappa shape index (κ3) is 5.26. The molecule has 5 nitrogen and oxygen atoms in total. The maximum atomic E-state index is 11.3. The zero-order chi connectivity index (χ0) is 19.9. The first-order chi connectivity index (χ1) is 13.6. The molecule has 0 aromatic heterocycles. The number of hydrogen-bond acceptors (Lipinski definition) is 5. The molecule has 1 fully saturated rings. The number of nitrogens with one attached hydrogen (secondary N) is 1. The highest BCUT2D eigenvalue weighted by atomic mass is 16.6. The predicted molar refractivity (Wildman–Crippen MR) is 112 cm³/mol. The lowest BCUT2D eigenvalue weighted by Crippen LogP contribution is -2.42. The molecule has 1 saturated heterocycles. The van der Waals surface area contributed by atoms with E-state index in [2.05, 4.69) is 57.4 Å². The van der Waals surface area contributed by atoms with Gasteiger partial charge in [0.2, 0.25) is 0 Å². The van der Waals surface area contributed by atoms with Crippen LogP contribution in [0.4, 0.5) is 5.69 Å². The number of ether oxygens (including phenoxy) is 2. The van der Waals surface area contributed by atoms with Crippen LogP contribution in [0.25, 0.3) is 0 Å². The summed E-state index contributed by atoms with van der Waals surface area (Å²) in [5.41, 5.74) is 4.64. The Kier molecular flexibility index (Phi) is 6.93. The van der Waals surface area contributed by atoms with E-state index in [0.717, 1.165) is 49.4 Å². The number of para-hydroxylation sites is 1. The molecule has 3 rings (SSSR count). The average Bonchev–Trinajstić information content (AvgIpc) is 2.72. The second-order valence-electron chi connectivity index (χ2n) is 7.40. The fourth-order valence-corrected chi connectivity index (χ4v) is 3.80. The number of carbonyl (C=O) groups excluding carboxylic acids is 1. The molecule has 0 spiro atoms. The molecule has 0 amide bonds. The zero-order valence-electron chi connectivity index (χ0n) is 17.0. The Hall–Kier alpha value is -2.53. The van der Waals surface area contributed by atoms with Crippen molar-refractivity contribution in [1.82, 2.24) is 5.32 Å². The Labute approximate surface area is 167 Å². The highest BCUT2D eigenvalue weighted by molar-refractivity contribution is 5.71. The summed E-state index contributed by atoms with van der Waals surface area (Å²) in [5.74, 6) is 0.400. The standard InChI is InChI=1S/C23H30N2O3/c1-17-13-19(14-18(2)23(17)28-16-22(26)27-3)15-24-20-9-11-25(12-10-20)21-7-5-4-6-8-21/h4-8,13-14,20,24H,9-12,15-16H2,1-3H3. The molecule has 150 valence electrons. The molecule has 2 aromatic rings. The molecule has 0 unspecified atom stereocenters. The van der Waals surface area contributed by atoms with Crippen molar-refractivity contribution in [2.75, 3.05) is 31.7 Å². The summed E-state index contributed by atoms with van der Waals surface area (Å²) in [4.78, 5) is 13.8. The van der Waals surface area contributed by atoms with Crippen molar-refractivity contribution < 1.29 is 14.3 Å². The first kappa shape index (κ1) is 20.2. The predicted octanol–water partition coefficient (Wildman–Crippen LogP) is 3.61. The lowest BCUT2D eigenvalue weighted by Gasteiger charge is -2.34. The third-order valence-electron chi connectivity index (χ3n) is 5.29. The van der Waals surface area contributed by atoms with Crippen LogP contribution in [0, 0.1) is 13.8 Å². The minimum Gasteiger partial charge on any atom is -0.481 e. The third-order valence-corrected chi connectivity index (χ3v) is 5.29. The summed E-state index contributed by atoms with van der Waals surface area (Å²) in [5, 5.41) is 3.70. The minimum atomic E-state index is -0.369. The molecule has 1 N–H and O–H groups in total. The van der Waals surface area contributed by atoms with Crippen molar-refractivity contribution in [3.63, 3.8) is 0 Å². The van der Waals surface area contributed by atoms with E-state index >= 15 is 0 Å². The summed E-state index contributed by atoms with van der Waals surface area (Å²) in [7, 11) is 1.37. The molecule has 2 aromatic carbocycles. The summed E-state index contributed by atoms with van der Waals surface area (Å²) >= 11 is 0. The highest BCUT2D eigenvalue weighted by Gasteiger charge is 2.19. The maximum absolute atomic E-state index is 11.3. The van der Waals surface area contributed by atoms with E-state index in [1.807, 2.05) is 13.8 Å². The Bertz CT molecular complexity index is 761. The highest BCUT2D eigenvalue weighted by Crippen LogP contribution is 2.25. The monoisotopic (exact) mass is 382 g/mol. The van der Waals surface area contributed by atoms with E-state index in [1.54, 1.807) is 0 Å². The number of carbonyl (C=O) groups is 1. The Balaban J connectivity index is 1.50.